The third kappa shape index (κ3) is 8.81. The average Bonchev–Trinajstić information content (AvgIpc) is 2.75. The molecular weight excluding hydrogens is 460 g/mol. The fourth-order valence-electron chi connectivity index (χ4n) is 3.46. The van der Waals surface area contributed by atoms with Gasteiger partial charge in [0.25, 0.3) is 0 Å². The van der Waals surface area contributed by atoms with E-state index < -0.39 is 10.9 Å². The Morgan fingerprint density at radius 1 is 0.697 bits per heavy atom. The first kappa shape index (κ1) is 27.4. The van der Waals surface area contributed by atoms with Crippen molar-refractivity contribution in [1.82, 2.24) is 0 Å². The quantitative estimate of drug-likeness (QED) is 0.322. The lowest BCUT2D eigenvalue weighted by molar-refractivity contribution is 0.337. The van der Waals surface area contributed by atoms with Gasteiger partial charge in [-0.25, -0.2) is 0 Å². The highest BCUT2D eigenvalue weighted by molar-refractivity contribution is 8.00. The Labute approximate surface area is 204 Å². The predicted octanol–water partition coefficient (Wildman–Crippen LogP) is 5.68. The molecule has 8 heteroatoms. The molecule has 0 aromatic carbocycles. The Morgan fingerprint density at radius 2 is 1.06 bits per heavy atom. The van der Waals surface area contributed by atoms with E-state index in [9.17, 15) is 19.8 Å². The molecule has 0 amide bonds. The number of hydrogen-bond donors (Lipinski definition) is 2. The van der Waals surface area contributed by atoms with Gasteiger partial charge in [-0.1, -0.05) is 27.7 Å². The highest BCUT2D eigenvalue weighted by atomic mass is 32.2. The van der Waals surface area contributed by atoms with E-state index in [1.54, 1.807) is 0 Å². The summed E-state index contributed by atoms with van der Waals surface area (Å²) < 4.78 is 10.8. The smallest absolute Gasteiger partial charge is 0.226 e. The van der Waals surface area contributed by atoms with Gasteiger partial charge in [0.2, 0.25) is 10.9 Å². The van der Waals surface area contributed by atoms with Crippen molar-refractivity contribution in [2.75, 3.05) is 23.0 Å². The minimum absolute atomic E-state index is 0.236. The Morgan fingerprint density at radius 3 is 1.42 bits per heavy atom. The van der Waals surface area contributed by atoms with Crippen molar-refractivity contribution in [3.63, 3.8) is 0 Å². The minimum atomic E-state index is -0.397. The van der Waals surface area contributed by atoms with Crippen LogP contribution in [0, 0.1) is 0 Å². The molecular formula is C25H36O6S2. The summed E-state index contributed by atoms with van der Waals surface area (Å²) in [5, 5.41) is 18.7. The normalized spacial score (nSPS) is 12.2. The molecule has 2 heterocycles. The molecule has 0 fully saturated rings. The molecule has 0 saturated heterocycles. The molecule has 0 saturated carbocycles. The zero-order chi connectivity index (χ0) is 24.5. The second kappa shape index (κ2) is 12.6. The first-order valence-corrected chi connectivity index (χ1v) is 13.6. The lowest BCUT2D eigenvalue weighted by Crippen LogP contribution is -2.19. The maximum Gasteiger partial charge on any atom is 0.226 e. The van der Waals surface area contributed by atoms with Crippen LogP contribution in [-0.2, 0) is 10.8 Å². The van der Waals surface area contributed by atoms with Gasteiger partial charge in [-0.15, -0.1) is 0 Å². The van der Waals surface area contributed by atoms with Gasteiger partial charge < -0.3 is 19.0 Å². The number of aromatic hydroxyl groups is 2. The summed E-state index contributed by atoms with van der Waals surface area (Å²) in [5.41, 5.74) is -1.27. The fourth-order valence-corrected chi connectivity index (χ4v) is 5.45. The lowest BCUT2D eigenvalue weighted by atomic mass is 9.85. The molecule has 2 aromatic heterocycles. The first-order chi connectivity index (χ1) is 15.5. The van der Waals surface area contributed by atoms with Crippen molar-refractivity contribution in [1.29, 1.82) is 0 Å². The average molecular weight is 497 g/mol. The fraction of sp³-hybridized carbons (Fsp3) is 0.600. The zero-order valence-corrected chi connectivity index (χ0v) is 21.7. The van der Waals surface area contributed by atoms with Gasteiger partial charge in [0.05, 0.1) is 0 Å². The molecule has 0 aliphatic heterocycles. The predicted molar refractivity (Wildman–Crippen MR) is 137 cm³/mol. The summed E-state index contributed by atoms with van der Waals surface area (Å²) in [6.07, 6.45) is 7.33. The van der Waals surface area contributed by atoms with Gasteiger partial charge in [0.15, 0.2) is 11.5 Å². The number of thioether (sulfide) groups is 2. The van der Waals surface area contributed by atoms with Gasteiger partial charge in [-0.2, -0.15) is 23.5 Å². The van der Waals surface area contributed by atoms with Crippen molar-refractivity contribution in [2.24, 2.45) is 0 Å². The van der Waals surface area contributed by atoms with E-state index >= 15 is 0 Å². The topological polar surface area (TPSA) is 101 Å². The van der Waals surface area contributed by atoms with E-state index in [-0.39, 0.29) is 22.3 Å². The van der Waals surface area contributed by atoms with Crippen LogP contribution in [-0.4, -0.2) is 33.2 Å². The van der Waals surface area contributed by atoms with Crippen LogP contribution >= 0.6 is 23.5 Å². The van der Waals surface area contributed by atoms with Gasteiger partial charge in [-0.3, -0.25) is 9.59 Å². The molecule has 2 rings (SSSR count). The molecule has 2 aromatic rings. The Hall–Kier alpha value is -1.80. The van der Waals surface area contributed by atoms with E-state index in [1.807, 2.05) is 23.5 Å². The monoisotopic (exact) mass is 496 g/mol. The summed E-state index contributed by atoms with van der Waals surface area (Å²) >= 11 is 3.91. The summed E-state index contributed by atoms with van der Waals surface area (Å²) in [6, 6.07) is 2.78. The largest absolute Gasteiger partial charge is 0.502 e. The third-order valence-electron chi connectivity index (χ3n) is 5.72. The van der Waals surface area contributed by atoms with Crippen molar-refractivity contribution in [2.45, 2.75) is 70.6 Å². The van der Waals surface area contributed by atoms with Crippen LogP contribution in [0.3, 0.4) is 0 Å². The maximum atomic E-state index is 11.6. The third-order valence-corrected chi connectivity index (χ3v) is 8.03. The van der Waals surface area contributed by atoms with Gasteiger partial charge >= 0.3 is 0 Å². The summed E-state index contributed by atoms with van der Waals surface area (Å²) in [5.74, 6) is 4.93. The molecule has 6 nitrogen and oxygen atoms in total. The standard InChI is InChI=1S/C25H36O6S2/c1-24(2,22-14-18(26)20(28)16-30-22)8-5-10-32-12-7-13-33-11-6-9-25(3,4)23-15-19(27)21(29)17-31-23/h14-17,28-29H,5-13H2,1-4H3. The van der Waals surface area contributed by atoms with E-state index in [0.717, 1.165) is 61.2 Å². The molecule has 2 N–H and O–H groups in total. The number of hydrogen-bond acceptors (Lipinski definition) is 8. The van der Waals surface area contributed by atoms with E-state index in [0.29, 0.717) is 11.5 Å². The first-order valence-electron chi connectivity index (χ1n) is 11.3. The molecule has 184 valence electrons. The zero-order valence-electron chi connectivity index (χ0n) is 20.0. The summed E-state index contributed by atoms with van der Waals surface area (Å²) in [7, 11) is 0. The SMILES string of the molecule is CC(C)(CCCSCCCSCCCC(C)(C)c1cc(=O)c(O)co1)c1cc(=O)c(O)co1. The highest BCUT2D eigenvalue weighted by Gasteiger charge is 2.25. The van der Waals surface area contributed by atoms with Crippen molar-refractivity contribution in [3.05, 3.63) is 56.6 Å². The van der Waals surface area contributed by atoms with Gasteiger partial charge in [-0.05, 0) is 55.1 Å². The Kier molecular flexibility index (Phi) is 10.5. The van der Waals surface area contributed by atoms with Gasteiger partial charge in [0.1, 0.15) is 24.0 Å². The van der Waals surface area contributed by atoms with E-state index in [1.165, 1.54) is 18.6 Å². The summed E-state index contributed by atoms with van der Waals surface area (Å²) in [6.45, 7) is 8.22. The van der Waals surface area contributed by atoms with Crippen LogP contribution in [0.4, 0.5) is 0 Å². The van der Waals surface area contributed by atoms with Crippen LogP contribution in [0.1, 0.15) is 71.3 Å². The van der Waals surface area contributed by atoms with Crippen molar-refractivity contribution >= 4 is 23.5 Å². The Bertz CT molecular complexity index is 913. The van der Waals surface area contributed by atoms with Crippen molar-refractivity contribution in [3.8, 4) is 11.5 Å². The molecule has 0 spiro atoms. The molecule has 33 heavy (non-hydrogen) atoms. The molecule has 0 aliphatic rings. The van der Waals surface area contributed by atoms with Gasteiger partial charge in [0, 0.05) is 23.0 Å². The van der Waals surface area contributed by atoms with Crippen LogP contribution in [0.25, 0.3) is 0 Å². The molecule has 0 atom stereocenters. The second-order valence-electron chi connectivity index (χ2n) is 9.54. The van der Waals surface area contributed by atoms with Crippen LogP contribution < -0.4 is 10.9 Å². The molecule has 0 bridgehead atoms. The number of rotatable bonds is 14. The lowest BCUT2D eigenvalue weighted by Gasteiger charge is -2.23. The maximum absolute atomic E-state index is 11.6. The second-order valence-corrected chi connectivity index (χ2v) is 12.0. The molecule has 0 unspecified atom stereocenters. The van der Waals surface area contributed by atoms with Crippen molar-refractivity contribution < 1.29 is 19.0 Å². The van der Waals surface area contributed by atoms with Crippen LogP contribution in [0.5, 0.6) is 11.5 Å². The minimum Gasteiger partial charge on any atom is -0.502 e. The Balaban J connectivity index is 1.54. The van der Waals surface area contributed by atoms with E-state index in [2.05, 4.69) is 27.7 Å². The molecule has 0 aliphatic carbocycles. The summed E-state index contributed by atoms with van der Waals surface area (Å²) in [4.78, 5) is 23.3. The van der Waals surface area contributed by atoms with E-state index in [4.69, 9.17) is 8.83 Å². The van der Waals surface area contributed by atoms with Crippen LogP contribution in [0.2, 0.25) is 0 Å². The highest BCUT2D eigenvalue weighted by Crippen LogP contribution is 2.30. The van der Waals surface area contributed by atoms with Crippen LogP contribution in [0.15, 0.2) is 43.1 Å². The molecule has 0 radical (unpaired) electrons.